The molecule has 0 bridgehead atoms. The molecule has 0 saturated carbocycles. The third kappa shape index (κ3) is 3.88. The summed E-state index contributed by atoms with van der Waals surface area (Å²) in [5.74, 6) is -5.22. The number of alkyl halides is 6. The van der Waals surface area contributed by atoms with Gasteiger partial charge in [0.25, 0.3) is 0 Å². The van der Waals surface area contributed by atoms with Crippen LogP contribution in [0.2, 0.25) is 0 Å². The molecule has 10 nitrogen and oxygen atoms in total. The second-order valence-corrected chi connectivity index (χ2v) is 6.11. The summed E-state index contributed by atoms with van der Waals surface area (Å²) in [6.07, 6.45) is -9.68. The summed E-state index contributed by atoms with van der Waals surface area (Å²) in [6.45, 7) is 0. The lowest BCUT2D eigenvalue weighted by molar-refractivity contribution is -0.156. The lowest BCUT2D eigenvalue weighted by Crippen LogP contribution is -2.26. The summed E-state index contributed by atoms with van der Waals surface area (Å²) >= 11 is 0. The van der Waals surface area contributed by atoms with Gasteiger partial charge in [-0.15, -0.1) is 0 Å². The molecular formula is C16H6F6N6O4. The number of hydrogen-bond donors (Lipinski definition) is 2. The van der Waals surface area contributed by atoms with E-state index in [1.807, 2.05) is 10.4 Å². The van der Waals surface area contributed by atoms with Crippen molar-refractivity contribution in [1.29, 1.82) is 0 Å². The highest BCUT2D eigenvalue weighted by Crippen LogP contribution is 2.36. The zero-order chi connectivity index (χ0) is 23.3. The number of nitrogens with zero attached hydrogens (tertiary/aromatic N) is 4. The smallest absolute Gasteiger partial charge is 0.416 e. The van der Waals surface area contributed by atoms with E-state index >= 15 is 0 Å². The van der Waals surface area contributed by atoms with Gasteiger partial charge in [0.1, 0.15) is 11.0 Å². The van der Waals surface area contributed by atoms with Crippen molar-refractivity contribution in [2.24, 2.45) is 0 Å². The van der Waals surface area contributed by atoms with Crippen LogP contribution < -0.4 is 9.47 Å². The molecule has 0 amide bonds. The molecule has 0 radical (unpaired) electrons. The Hall–Kier alpha value is -4.24. The molecule has 0 atom stereocenters. The molecule has 0 aliphatic heterocycles. The van der Waals surface area contributed by atoms with Gasteiger partial charge in [0.15, 0.2) is 22.5 Å². The molecule has 4 aromatic rings. The number of benzene rings is 2. The van der Waals surface area contributed by atoms with Crippen molar-refractivity contribution in [1.82, 2.24) is 30.8 Å². The van der Waals surface area contributed by atoms with E-state index in [9.17, 15) is 35.9 Å². The number of fused-ring (bicyclic) bond motifs is 2. The van der Waals surface area contributed by atoms with E-state index in [2.05, 4.69) is 29.9 Å². The SMILES string of the molecule is O=C(Oc1cc(C(F)(F)F)cc2n[nH]nc12)C(=O)Oc1cc(C(F)(F)F)cc2n[nH]nc12. The number of esters is 2. The van der Waals surface area contributed by atoms with Crippen LogP contribution in [0.5, 0.6) is 11.5 Å². The minimum Gasteiger partial charge on any atom is -0.416 e. The Morgan fingerprint density at radius 3 is 1.38 bits per heavy atom. The zero-order valence-corrected chi connectivity index (χ0v) is 15.0. The van der Waals surface area contributed by atoms with Crippen LogP contribution >= 0.6 is 0 Å². The number of aromatic nitrogens is 6. The summed E-state index contributed by atoms with van der Waals surface area (Å²) in [7, 11) is 0. The van der Waals surface area contributed by atoms with Crippen molar-refractivity contribution in [3.63, 3.8) is 0 Å². The number of ether oxygens (including phenoxy) is 2. The maximum absolute atomic E-state index is 13.0. The first kappa shape index (κ1) is 21.0. The first-order chi connectivity index (χ1) is 14.9. The van der Waals surface area contributed by atoms with Crippen molar-refractivity contribution in [3.8, 4) is 11.5 Å². The molecule has 2 N–H and O–H groups in total. The van der Waals surface area contributed by atoms with E-state index < -0.39 is 46.9 Å². The van der Waals surface area contributed by atoms with Gasteiger partial charge < -0.3 is 9.47 Å². The minimum atomic E-state index is -4.84. The largest absolute Gasteiger partial charge is 0.423 e. The van der Waals surface area contributed by atoms with Gasteiger partial charge in [0, 0.05) is 0 Å². The van der Waals surface area contributed by atoms with Gasteiger partial charge >= 0.3 is 24.3 Å². The average molecular weight is 460 g/mol. The van der Waals surface area contributed by atoms with Gasteiger partial charge in [0.2, 0.25) is 0 Å². The number of carbonyl (C=O) groups is 2. The van der Waals surface area contributed by atoms with Gasteiger partial charge in [0.05, 0.1) is 11.1 Å². The second kappa shape index (κ2) is 7.17. The van der Waals surface area contributed by atoms with Crippen LogP contribution in [0.1, 0.15) is 11.1 Å². The van der Waals surface area contributed by atoms with Crippen LogP contribution in [-0.4, -0.2) is 42.8 Å². The third-order valence-corrected chi connectivity index (χ3v) is 4.00. The molecule has 2 heterocycles. The molecule has 32 heavy (non-hydrogen) atoms. The normalized spacial score (nSPS) is 12.3. The van der Waals surface area contributed by atoms with Gasteiger partial charge in [-0.25, -0.2) is 9.59 Å². The van der Waals surface area contributed by atoms with Gasteiger partial charge in [-0.1, -0.05) is 0 Å². The fraction of sp³-hybridized carbons (Fsp3) is 0.125. The van der Waals surface area contributed by atoms with Gasteiger partial charge in [-0.3, -0.25) is 0 Å². The number of halogens is 6. The summed E-state index contributed by atoms with van der Waals surface area (Å²) in [6, 6.07) is 2.04. The van der Waals surface area contributed by atoms with Crippen LogP contribution in [0, 0.1) is 0 Å². The predicted molar refractivity (Wildman–Crippen MR) is 89.1 cm³/mol. The first-order valence-electron chi connectivity index (χ1n) is 8.21. The Kier molecular flexibility index (Phi) is 4.71. The quantitative estimate of drug-likeness (QED) is 0.202. The summed E-state index contributed by atoms with van der Waals surface area (Å²) in [5.41, 5.74) is -3.76. The molecule has 0 unspecified atom stereocenters. The topological polar surface area (TPSA) is 136 Å². The van der Waals surface area contributed by atoms with Crippen LogP contribution in [0.4, 0.5) is 26.3 Å². The molecule has 2 aromatic carbocycles. The number of carbonyl (C=O) groups excluding carboxylic acids is 2. The van der Waals surface area contributed by atoms with Crippen molar-refractivity contribution >= 4 is 34.0 Å². The maximum atomic E-state index is 13.0. The van der Waals surface area contributed by atoms with E-state index in [0.29, 0.717) is 24.3 Å². The molecule has 0 aliphatic rings. The molecule has 0 saturated heterocycles. The Labute approximate surface area is 170 Å². The maximum Gasteiger partial charge on any atom is 0.423 e. The summed E-state index contributed by atoms with van der Waals surface area (Å²) < 4.78 is 87.5. The average Bonchev–Trinajstić information content (AvgIpc) is 3.35. The highest BCUT2D eigenvalue weighted by molar-refractivity contribution is 6.31. The third-order valence-electron chi connectivity index (χ3n) is 4.00. The fourth-order valence-corrected chi connectivity index (χ4v) is 2.61. The predicted octanol–water partition coefficient (Wildman–Crippen LogP) is 2.78. The van der Waals surface area contributed by atoms with E-state index in [1.165, 1.54) is 0 Å². The molecule has 2 aromatic heterocycles. The van der Waals surface area contributed by atoms with Crippen molar-refractivity contribution < 1.29 is 45.4 Å². The van der Waals surface area contributed by atoms with E-state index in [-0.39, 0.29) is 22.1 Å². The van der Waals surface area contributed by atoms with E-state index in [4.69, 9.17) is 0 Å². The first-order valence-corrected chi connectivity index (χ1v) is 8.21. The molecule has 166 valence electrons. The van der Waals surface area contributed by atoms with Crippen LogP contribution in [-0.2, 0) is 21.9 Å². The molecule has 0 spiro atoms. The Bertz CT molecular complexity index is 1250. The molecule has 0 fully saturated rings. The highest BCUT2D eigenvalue weighted by Gasteiger charge is 2.35. The lowest BCUT2D eigenvalue weighted by Gasteiger charge is -2.11. The Balaban J connectivity index is 1.63. The number of hydrogen-bond acceptors (Lipinski definition) is 8. The van der Waals surface area contributed by atoms with Crippen molar-refractivity contribution in [2.45, 2.75) is 12.4 Å². The lowest BCUT2D eigenvalue weighted by atomic mass is 10.1. The highest BCUT2D eigenvalue weighted by atomic mass is 19.4. The second-order valence-electron chi connectivity index (χ2n) is 6.11. The summed E-state index contributed by atoms with van der Waals surface area (Å²) in [4.78, 5) is 24.2. The van der Waals surface area contributed by atoms with E-state index in [1.54, 1.807) is 0 Å². The van der Waals surface area contributed by atoms with Crippen LogP contribution in [0.25, 0.3) is 22.1 Å². The fourth-order valence-electron chi connectivity index (χ4n) is 2.61. The summed E-state index contributed by atoms with van der Waals surface area (Å²) in [5, 5.41) is 18.1. The Morgan fingerprint density at radius 2 is 1.03 bits per heavy atom. The van der Waals surface area contributed by atoms with Crippen molar-refractivity contribution in [2.75, 3.05) is 0 Å². The number of aromatic amines is 2. The molecule has 4 rings (SSSR count). The van der Waals surface area contributed by atoms with Gasteiger partial charge in [-0.2, -0.15) is 57.2 Å². The monoisotopic (exact) mass is 460 g/mol. The van der Waals surface area contributed by atoms with Crippen LogP contribution in [0.15, 0.2) is 24.3 Å². The zero-order valence-electron chi connectivity index (χ0n) is 15.0. The van der Waals surface area contributed by atoms with E-state index in [0.717, 1.165) is 0 Å². The molecule has 0 aliphatic carbocycles. The minimum absolute atomic E-state index is 0.308. The van der Waals surface area contributed by atoms with Crippen LogP contribution in [0.3, 0.4) is 0 Å². The number of H-pyrrole nitrogens is 2. The van der Waals surface area contributed by atoms with Crippen molar-refractivity contribution in [3.05, 3.63) is 35.4 Å². The standard InChI is InChI=1S/C16H6F6N6O4/c17-15(18,19)5-1-7-11(25-27-23-7)9(3-5)31-13(29)14(30)32-10-4-6(16(20,21)22)2-8-12(10)26-28-24-8/h1-4H,(H,23,25,27)(H,24,26,28). The Morgan fingerprint density at radius 1 is 0.656 bits per heavy atom. The van der Waals surface area contributed by atoms with Gasteiger partial charge in [-0.05, 0) is 24.3 Å². The number of rotatable bonds is 2. The number of nitrogens with one attached hydrogen (secondary N) is 2. The molecule has 16 heteroatoms. The molecular weight excluding hydrogens is 454 g/mol.